The Morgan fingerprint density at radius 2 is 1.21 bits per heavy atom. The van der Waals surface area contributed by atoms with E-state index in [2.05, 4.69) is 18.7 Å². The van der Waals surface area contributed by atoms with Gasteiger partial charge in [0.25, 0.3) is 0 Å². The minimum absolute atomic E-state index is 0.113. The van der Waals surface area contributed by atoms with Crippen LogP contribution in [0.5, 0.6) is 0 Å². The molecule has 0 radical (unpaired) electrons. The molecule has 0 spiro atoms. The molecule has 0 amide bonds. The first-order valence-electron chi connectivity index (χ1n) is 15.0. The highest BCUT2D eigenvalue weighted by molar-refractivity contribution is 7.89. The van der Waals surface area contributed by atoms with Gasteiger partial charge in [0.15, 0.2) is 30.9 Å². The molecule has 6 unspecified atom stereocenters. The highest BCUT2D eigenvalue weighted by Gasteiger charge is 2.52. The van der Waals surface area contributed by atoms with Crippen LogP contribution in [0.15, 0.2) is 0 Å². The lowest BCUT2D eigenvalue weighted by atomic mass is 9.84. The van der Waals surface area contributed by atoms with Gasteiger partial charge in [-0.25, -0.2) is 10.5 Å². The molecule has 0 aromatic heterocycles. The SMILES string of the molecule is CC[C@H]1C(O)[C@@H](COC[C@H]2C(O)[C@H](COC[C@H]3C4CO[C@H]3C(O)[C@@H](OC)O4)OC(CO)[C@H]2OSOOO)OC(CO)[C@H]1OSOOO. The standard InChI is InChI=1S/C25H44O20S2/c1-3-11-19(28)17(37-14(4-26)22(11)40-46-44-42-31)8-35-7-13-20(29)18(38-15(5-27)23(13)41-47-45-43-32)9-34-6-12-16-10-36-24(12)21(30)25(33-2)39-16/h11-32H,3-10H2,1-2H3/t11-,12-,13-,14?,15?,16?,17+,18-,19?,20?,21?,22-,23-,24+,25-/m0/s1. The van der Waals surface area contributed by atoms with Crippen molar-refractivity contribution < 1.29 is 96.3 Å². The summed E-state index contributed by atoms with van der Waals surface area (Å²) in [5.74, 6) is -1.70. The van der Waals surface area contributed by atoms with Gasteiger partial charge in [0, 0.05) is 24.9 Å². The van der Waals surface area contributed by atoms with E-state index in [-0.39, 0.29) is 57.4 Å². The Morgan fingerprint density at radius 3 is 1.72 bits per heavy atom. The van der Waals surface area contributed by atoms with Crippen molar-refractivity contribution in [3.63, 3.8) is 0 Å². The Balaban J connectivity index is 1.37. The van der Waals surface area contributed by atoms with Crippen molar-refractivity contribution >= 4 is 24.6 Å². The highest BCUT2D eigenvalue weighted by atomic mass is 32.2. The van der Waals surface area contributed by atoms with Crippen molar-refractivity contribution in [1.29, 1.82) is 0 Å². The lowest BCUT2D eigenvalue weighted by molar-refractivity contribution is -0.435. The van der Waals surface area contributed by atoms with Gasteiger partial charge < -0.3 is 58.7 Å². The van der Waals surface area contributed by atoms with Crippen molar-refractivity contribution in [2.75, 3.05) is 53.4 Å². The van der Waals surface area contributed by atoms with E-state index in [0.717, 1.165) is 0 Å². The third-order valence-corrected chi connectivity index (χ3v) is 9.69. The van der Waals surface area contributed by atoms with E-state index >= 15 is 0 Å². The third-order valence-electron chi connectivity index (χ3n) is 8.86. The monoisotopic (exact) mass is 728 g/mol. The average Bonchev–Trinajstić information content (AvgIpc) is 3.39. The number of aliphatic hydroxyl groups is 5. The third kappa shape index (κ3) is 9.82. The maximum atomic E-state index is 11.4. The minimum atomic E-state index is -1.27. The summed E-state index contributed by atoms with van der Waals surface area (Å²) >= 11 is 0.554. The van der Waals surface area contributed by atoms with Crippen molar-refractivity contribution in [3.05, 3.63) is 0 Å². The molecule has 4 aliphatic rings. The highest BCUT2D eigenvalue weighted by Crippen LogP contribution is 2.37. The van der Waals surface area contributed by atoms with Crippen LogP contribution >= 0.6 is 24.6 Å². The fourth-order valence-corrected chi connectivity index (χ4v) is 7.34. The Labute approximate surface area is 278 Å². The average molecular weight is 729 g/mol. The second-order valence-corrected chi connectivity index (χ2v) is 12.3. The number of ether oxygens (including phenoxy) is 7. The van der Waals surface area contributed by atoms with E-state index in [4.69, 9.17) is 52.0 Å². The van der Waals surface area contributed by atoms with E-state index in [1.54, 1.807) is 6.92 Å². The fourth-order valence-electron chi connectivity index (χ4n) is 6.51. The summed E-state index contributed by atoms with van der Waals surface area (Å²) in [5, 5.41) is 76.9. The molecular formula is C25H44O20S2. The second kappa shape index (κ2) is 20.1. The fraction of sp³-hybridized carbons (Fsp3) is 1.00. The molecule has 4 aliphatic heterocycles. The molecule has 0 aromatic carbocycles. The van der Waals surface area contributed by atoms with E-state index in [0.29, 0.717) is 18.7 Å². The van der Waals surface area contributed by atoms with Gasteiger partial charge in [-0.1, -0.05) is 17.0 Å². The van der Waals surface area contributed by atoms with Gasteiger partial charge in [0.1, 0.15) is 42.7 Å². The second-order valence-electron chi connectivity index (χ2n) is 11.4. The molecule has 0 aliphatic carbocycles. The van der Waals surface area contributed by atoms with Gasteiger partial charge in [-0.15, -0.1) is 8.67 Å². The first-order chi connectivity index (χ1) is 22.8. The number of rotatable bonds is 20. The molecular weight excluding hydrogens is 684 g/mol. The molecule has 15 atom stereocenters. The summed E-state index contributed by atoms with van der Waals surface area (Å²) in [4.78, 5) is 0. The number of hydrogen-bond acceptors (Lipinski definition) is 22. The summed E-state index contributed by atoms with van der Waals surface area (Å²) in [6.45, 7) is 0.706. The van der Waals surface area contributed by atoms with E-state index in [1.807, 2.05) is 0 Å². The minimum Gasteiger partial charge on any atom is -0.394 e. The van der Waals surface area contributed by atoms with Gasteiger partial charge in [-0.3, -0.25) is 8.37 Å². The molecule has 4 rings (SSSR count). The number of methoxy groups -OCH3 is 1. The topological polar surface area (TPSA) is 262 Å². The molecule has 20 nitrogen and oxygen atoms in total. The largest absolute Gasteiger partial charge is 0.394 e. The van der Waals surface area contributed by atoms with Crippen LogP contribution in [0.4, 0.5) is 0 Å². The predicted molar refractivity (Wildman–Crippen MR) is 152 cm³/mol. The van der Waals surface area contributed by atoms with Gasteiger partial charge in [-0.05, 0) is 6.42 Å². The molecule has 22 heteroatoms. The van der Waals surface area contributed by atoms with Gasteiger partial charge in [0.2, 0.25) is 0 Å². The van der Waals surface area contributed by atoms with E-state index in [1.165, 1.54) is 7.11 Å². The predicted octanol–water partition coefficient (Wildman–Crippen LogP) is -1.61. The Kier molecular flexibility index (Phi) is 16.9. The lowest BCUT2D eigenvalue weighted by Crippen LogP contribution is -2.59. The molecule has 4 saturated heterocycles. The van der Waals surface area contributed by atoms with Crippen molar-refractivity contribution in [2.24, 2.45) is 17.8 Å². The summed E-state index contributed by atoms with van der Waals surface area (Å²) in [6, 6.07) is 0. The molecule has 7 N–H and O–H groups in total. The zero-order valence-electron chi connectivity index (χ0n) is 25.6. The maximum absolute atomic E-state index is 11.4. The van der Waals surface area contributed by atoms with Crippen LogP contribution < -0.4 is 0 Å². The van der Waals surface area contributed by atoms with Gasteiger partial charge in [0.05, 0.1) is 70.7 Å². The van der Waals surface area contributed by atoms with E-state index in [9.17, 15) is 25.5 Å². The van der Waals surface area contributed by atoms with E-state index < -0.39 is 92.4 Å². The Hall–Kier alpha value is -0.100. The smallest absolute Gasteiger partial charge is 0.198 e. The van der Waals surface area contributed by atoms with Crippen LogP contribution in [0, 0.1) is 17.8 Å². The van der Waals surface area contributed by atoms with Crippen LogP contribution in [-0.4, -0.2) is 163 Å². The quantitative estimate of drug-likeness (QED) is 0.0322. The molecule has 0 saturated carbocycles. The number of aliphatic hydroxyl groups excluding tert-OH is 5. The van der Waals surface area contributed by atoms with Crippen molar-refractivity contribution in [2.45, 2.75) is 86.8 Å². The van der Waals surface area contributed by atoms with Crippen LogP contribution in [0.3, 0.4) is 0 Å². The normalized spacial score (nSPS) is 42.2. The molecule has 4 heterocycles. The maximum Gasteiger partial charge on any atom is 0.198 e. The van der Waals surface area contributed by atoms with Crippen molar-refractivity contribution in [3.8, 4) is 0 Å². The zero-order chi connectivity index (χ0) is 33.9. The van der Waals surface area contributed by atoms with Crippen LogP contribution in [0.1, 0.15) is 13.3 Å². The van der Waals surface area contributed by atoms with Gasteiger partial charge >= 0.3 is 0 Å². The zero-order valence-corrected chi connectivity index (χ0v) is 27.2. The summed E-state index contributed by atoms with van der Waals surface area (Å²) < 4.78 is 59.7. The number of hydrogen-bond donors (Lipinski definition) is 7. The lowest BCUT2D eigenvalue weighted by Gasteiger charge is -2.45. The molecule has 4 fully saturated rings. The molecule has 0 aromatic rings. The van der Waals surface area contributed by atoms with Crippen molar-refractivity contribution in [1.82, 2.24) is 0 Å². The molecule has 2 bridgehead atoms. The first kappa shape index (κ1) is 39.7. The Morgan fingerprint density at radius 1 is 0.681 bits per heavy atom. The van der Waals surface area contributed by atoms with Crippen LogP contribution in [0.2, 0.25) is 0 Å². The summed E-state index contributed by atoms with van der Waals surface area (Å²) in [7, 11) is 1.43. The van der Waals surface area contributed by atoms with Gasteiger partial charge in [-0.2, -0.15) is 0 Å². The van der Waals surface area contributed by atoms with Crippen LogP contribution in [-0.2, 0) is 60.3 Å². The van der Waals surface area contributed by atoms with Crippen LogP contribution in [0.25, 0.3) is 0 Å². The molecule has 47 heavy (non-hydrogen) atoms. The Bertz CT molecular complexity index is 884. The molecule has 276 valence electrons. The first-order valence-corrected chi connectivity index (χ1v) is 16.3. The summed E-state index contributed by atoms with van der Waals surface area (Å²) in [5.41, 5.74) is 0. The number of fused-ring (bicyclic) bond motifs is 2. The summed E-state index contributed by atoms with van der Waals surface area (Å²) in [6.07, 6.45) is -10.3.